The molecule has 0 aliphatic carbocycles. The maximum absolute atomic E-state index is 4.63. The van der Waals surface area contributed by atoms with Crippen molar-refractivity contribution >= 4 is 18.7 Å². The van der Waals surface area contributed by atoms with Crippen LogP contribution in [0.3, 0.4) is 0 Å². The van der Waals surface area contributed by atoms with E-state index < -0.39 is 0 Å². The number of hydrogen-bond donors (Lipinski definition) is 0. The molecule has 1 aromatic rings. The molecule has 1 heterocycles. The fourth-order valence-corrected chi connectivity index (χ4v) is 0.710. The van der Waals surface area contributed by atoms with Crippen LogP contribution in [0.25, 0.3) is 6.08 Å². The third kappa shape index (κ3) is 3.13. The Morgan fingerprint density at radius 3 is 2.80 bits per heavy atom. The van der Waals surface area contributed by atoms with Gasteiger partial charge in [-0.15, -0.1) is 0 Å². The van der Waals surface area contributed by atoms with Crippen LogP contribution in [0.5, 0.6) is 0 Å². The standard InChI is InChI=1S/C7H7NS.Ag/c9-5-3-7-2-1-4-8-6-7;/h1-6,9H;/q;+1/p-1/b5-3-;. The minimum Gasteiger partial charge on any atom is -0.787 e. The van der Waals surface area contributed by atoms with Crippen LogP contribution >= 0.6 is 0 Å². The summed E-state index contributed by atoms with van der Waals surface area (Å²) in [7, 11) is 0. The Kier molecular flexibility index (Phi) is 5.54. The Morgan fingerprint density at radius 2 is 2.30 bits per heavy atom. The van der Waals surface area contributed by atoms with E-state index in [1.807, 2.05) is 18.2 Å². The van der Waals surface area contributed by atoms with Crippen molar-refractivity contribution in [3.05, 3.63) is 35.5 Å². The smallest absolute Gasteiger partial charge is 0.787 e. The van der Waals surface area contributed by atoms with Crippen molar-refractivity contribution < 1.29 is 22.4 Å². The fraction of sp³-hybridized carbons (Fsp3) is 0. The second kappa shape index (κ2) is 5.62. The molecule has 0 aliphatic heterocycles. The van der Waals surface area contributed by atoms with E-state index in [2.05, 4.69) is 17.6 Å². The van der Waals surface area contributed by atoms with Gasteiger partial charge in [0.2, 0.25) is 0 Å². The molecule has 0 bridgehead atoms. The van der Waals surface area contributed by atoms with Gasteiger partial charge >= 0.3 is 22.4 Å². The van der Waals surface area contributed by atoms with Gasteiger partial charge in [0.25, 0.3) is 0 Å². The molecule has 0 N–H and O–H groups in total. The molecule has 10 heavy (non-hydrogen) atoms. The van der Waals surface area contributed by atoms with Gasteiger partial charge < -0.3 is 12.6 Å². The van der Waals surface area contributed by atoms with Gasteiger partial charge in [-0.2, -0.15) is 0 Å². The summed E-state index contributed by atoms with van der Waals surface area (Å²) in [6, 6.07) is 3.83. The van der Waals surface area contributed by atoms with Gasteiger partial charge in [-0.3, -0.25) is 4.98 Å². The number of nitrogens with zero attached hydrogens (tertiary/aromatic N) is 1. The predicted octanol–water partition coefficient (Wildman–Crippen LogP) is 1.60. The van der Waals surface area contributed by atoms with Crippen molar-refractivity contribution in [3.8, 4) is 0 Å². The molecule has 0 unspecified atom stereocenters. The number of pyridine rings is 1. The summed E-state index contributed by atoms with van der Waals surface area (Å²) in [6.07, 6.45) is 5.34. The molecule has 0 fully saturated rings. The SMILES string of the molecule is [Ag+].[S-]/C=C\c1cccnc1. The molecule has 0 aromatic carbocycles. The molecule has 0 saturated carbocycles. The van der Waals surface area contributed by atoms with Crippen molar-refractivity contribution in [1.82, 2.24) is 4.98 Å². The Balaban J connectivity index is 0.000000810. The average molecular weight is 244 g/mol. The molecule has 0 radical (unpaired) electrons. The molecule has 0 atom stereocenters. The Bertz CT molecular complexity index is 198. The van der Waals surface area contributed by atoms with Crippen LogP contribution in [0.4, 0.5) is 0 Å². The zero-order valence-corrected chi connectivity index (χ0v) is 7.42. The van der Waals surface area contributed by atoms with Gasteiger partial charge in [-0.05, 0) is 11.6 Å². The molecule has 0 saturated heterocycles. The van der Waals surface area contributed by atoms with Crippen LogP contribution in [0.2, 0.25) is 0 Å². The Labute approximate surface area is 81.5 Å². The quantitative estimate of drug-likeness (QED) is 0.549. The van der Waals surface area contributed by atoms with Gasteiger partial charge in [-0.1, -0.05) is 12.1 Å². The Hall–Kier alpha value is -0.150. The summed E-state index contributed by atoms with van der Waals surface area (Å²) in [5.41, 5.74) is 1.05. The first kappa shape index (κ1) is 9.85. The first-order chi connectivity index (χ1) is 4.43. The molecule has 1 aromatic heterocycles. The van der Waals surface area contributed by atoms with Crippen LogP contribution in [0.15, 0.2) is 29.9 Å². The second-order valence-electron chi connectivity index (χ2n) is 1.59. The second-order valence-corrected chi connectivity index (χ2v) is 1.86. The molecule has 0 aliphatic rings. The van der Waals surface area contributed by atoms with Crippen LogP contribution in [-0.2, 0) is 35.0 Å². The van der Waals surface area contributed by atoms with Crippen molar-refractivity contribution in [3.63, 3.8) is 0 Å². The van der Waals surface area contributed by atoms with Gasteiger partial charge in [0.05, 0.1) is 0 Å². The van der Waals surface area contributed by atoms with E-state index in [1.54, 1.807) is 17.8 Å². The van der Waals surface area contributed by atoms with Gasteiger partial charge in [0, 0.05) is 12.4 Å². The van der Waals surface area contributed by atoms with E-state index in [0.29, 0.717) is 0 Å². The monoisotopic (exact) mass is 243 g/mol. The van der Waals surface area contributed by atoms with Gasteiger partial charge in [0.15, 0.2) is 0 Å². The van der Waals surface area contributed by atoms with E-state index in [4.69, 9.17) is 0 Å². The molecule has 3 heteroatoms. The van der Waals surface area contributed by atoms with E-state index >= 15 is 0 Å². The third-order valence-electron chi connectivity index (χ3n) is 0.945. The maximum Gasteiger partial charge on any atom is 1.00 e. The number of aromatic nitrogens is 1. The summed E-state index contributed by atoms with van der Waals surface area (Å²) < 4.78 is 0. The molecule has 0 amide bonds. The zero-order valence-electron chi connectivity index (χ0n) is 5.12. The van der Waals surface area contributed by atoms with Crippen molar-refractivity contribution in [2.24, 2.45) is 0 Å². The molecule has 1 nitrogen and oxygen atoms in total. The van der Waals surface area contributed by atoms with Crippen molar-refractivity contribution in [1.29, 1.82) is 0 Å². The maximum atomic E-state index is 4.63. The first-order valence-electron chi connectivity index (χ1n) is 2.62. The van der Waals surface area contributed by atoms with Crippen LogP contribution in [-0.4, -0.2) is 4.98 Å². The molecule has 0 spiro atoms. The van der Waals surface area contributed by atoms with Crippen LogP contribution in [0, 0.1) is 0 Å². The molecular weight excluding hydrogens is 238 g/mol. The van der Waals surface area contributed by atoms with E-state index in [-0.39, 0.29) is 22.4 Å². The van der Waals surface area contributed by atoms with Gasteiger partial charge in [-0.25, -0.2) is 5.41 Å². The fourth-order valence-electron chi connectivity index (χ4n) is 0.553. The van der Waals surface area contributed by atoms with Gasteiger partial charge in [0.1, 0.15) is 0 Å². The molecule has 56 valence electrons. The van der Waals surface area contributed by atoms with E-state index in [0.717, 1.165) is 5.56 Å². The van der Waals surface area contributed by atoms with Crippen molar-refractivity contribution in [2.75, 3.05) is 0 Å². The average Bonchev–Trinajstić information content (AvgIpc) is 1.91. The molecular formula is C7H6AgNS. The summed E-state index contributed by atoms with van der Waals surface area (Å²) in [6.45, 7) is 0. The van der Waals surface area contributed by atoms with Crippen molar-refractivity contribution in [2.45, 2.75) is 0 Å². The van der Waals surface area contributed by atoms with E-state index in [9.17, 15) is 0 Å². The van der Waals surface area contributed by atoms with E-state index in [1.165, 1.54) is 0 Å². The largest absolute Gasteiger partial charge is 1.00 e. The van der Waals surface area contributed by atoms with Crippen LogP contribution in [0.1, 0.15) is 5.56 Å². The summed E-state index contributed by atoms with van der Waals surface area (Å²) >= 11 is 4.63. The minimum atomic E-state index is 0. The normalized spacial score (nSPS) is 9.20. The topological polar surface area (TPSA) is 12.9 Å². The third-order valence-corrected chi connectivity index (χ3v) is 1.08. The summed E-state index contributed by atoms with van der Waals surface area (Å²) in [4.78, 5) is 3.91. The zero-order chi connectivity index (χ0) is 6.53. The summed E-state index contributed by atoms with van der Waals surface area (Å²) in [5, 5.41) is 1.58. The first-order valence-corrected chi connectivity index (χ1v) is 3.09. The molecule has 1 rings (SSSR count). The number of rotatable bonds is 1. The number of hydrogen-bond acceptors (Lipinski definition) is 2. The van der Waals surface area contributed by atoms with Crippen LogP contribution < -0.4 is 0 Å². The Morgan fingerprint density at radius 1 is 1.50 bits per heavy atom. The predicted molar refractivity (Wildman–Crippen MR) is 40.6 cm³/mol. The summed E-state index contributed by atoms with van der Waals surface area (Å²) in [5.74, 6) is 0. The minimum absolute atomic E-state index is 0.